The Morgan fingerprint density at radius 1 is 1.05 bits per heavy atom. The van der Waals surface area contributed by atoms with Gasteiger partial charge in [0.05, 0.1) is 18.1 Å². The van der Waals surface area contributed by atoms with E-state index in [2.05, 4.69) is 10.6 Å². The zero-order valence-electron chi connectivity index (χ0n) is 10.8. The number of carbonyl (C=O) groups excluding carboxylic acids is 2. The standard InChI is InChI=1S/C12H20N2O4S/c15-10(14-9-4-2-1-3-5-9)6-13-11(16)7-19-8-12(17)18/h9H,1-8H2,(H,13,16)(H,14,15)(H,17,18). The third-order valence-corrected chi connectivity index (χ3v) is 3.79. The quantitative estimate of drug-likeness (QED) is 0.629. The highest BCUT2D eigenvalue weighted by atomic mass is 32.2. The van der Waals surface area contributed by atoms with Crippen LogP contribution in [0.4, 0.5) is 0 Å². The maximum absolute atomic E-state index is 11.6. The monoisotopic (exact) mass is 288 g/mol. The van der Waals surface area contributed by atoms with Crippen LogP contribution in [0, 0.1) is 0 Å². The molecule has 2 amide bonds. The molecular formula is C12H20N2O4S. The molecule has 0 aromatic heterocycles. The molecule has 1 saturated carbocycles. The van der Waals surface area contributed by atoms with Crippen molar-refractivity contribution in [3.05, 3.63) is 0 Å². The number of thioether (sulfide) groups is 1. The minimum atomic E-state index is -0.951. The zero-order valence-corrected chi connectivity index (χ0v) is 11.6. The summed E-state index contributed by atoms with van der Waals surface area (Å²) < 4.78 is 0. The van der Waals surface area contributed by atoms with Crippen molar-refractivity contribution in [2.24, 2.45) is 0 Å². The van der Waals surface area contributed by atoms with Crippen LogP contribution in [0.2, 0.25) is 0 Å². The Kier molecular flexibility index (Phi) is 7.32. The van der Waals surface area contributed by atoms with Crippen LogP contribution in [0.25, 0.3) is 0 Å². The van der Waals surface area contributed by atoms with Crippen LogP contribution in [0.1, 0.15) is 32.1 Å². The molecule has 0 heterocycles. The van der Waals surface area contributed by atoms with Gasteiger partial charge in [-0.2, -0.15) is 0 Å². The SMILES string of the molecule is O=C(O)CSCC(=O)NCC(=O)NC1CCCCC1. The molecule has 1 fully saturated rings. The highest BCUT2D eigenvalue weighted by Crippen LogP contribution is 2.17. The van der Waals surface area contributed by atoms with Crippen molar-refractivity contribution in [2.45, 2.75) is 38.1 Å². The molecule has 7 heteroatoms. The van der Waals surface area contributed by atoms with E-state index >= 15 is 0 Å². The van der Waals surface area contributed by atoms with E-state index in [9.17, 15) is 14.4 Å². The molecular weight excluding hydrogens is 268 g/mol. The Hall–Kier alpha value is -1.24. The van der Waals surface area contributed by atoms with Gasteiger partial charge in [0.1, 0.15) is 0 Å². The first-order chi connectivity index (χ1) is 9.08. The molecule has 108 valence electrons. The van der Waals surface area contributed by atoms with Gasteiger partial charge in [0, 0.05) is 6.04 Å². The topological polar surface area (TPSA) is 95.5 Å². The van der Waals surface area contributed by atoms with Gasteiger partial charge >= 0.3 is 5.97 Å². The first-order valence-electron chi connectivity index (χ1n) is 6.43. The number of carboxylic acid groups (broad SMARTS) is 1. The minimum absolute atomic E-state index is 0.0387. The van der Waals surface area contributed by atoms with Gasteiger partial charge in [-0.25, -0.2) is 0 Å². The Morgan fingerprint density at radius 3 is 2.37 bits per heavy atom. The second kappa shape index (κ2) is 8.79. The molecule has 0 bridgehead atoms. The van der Waals surface area contributed by atoms with Gasteiger partial charge in [-0.1, -0.05) is 19.3 Å². The van der Waals surface area contributed by atoms with Crippen LogP contribution in [-0.2, 0) is 14.4 Å². The Morgan fingerprint density at radius 2 is 1.74 bits per heavy atom. The third kappa shape index (κ3) is 7.71. The van der Waals surface area contributed by atoms with Crippen LogP contribution in [-0.4, -0.2) is 47.0 Å². The van der Waals surface area contributed by atoms with Gasteiger partial charge < -0.3 is 15.7 Å². The van der Waals surface area contributed by atoms with Gasteiger partial charge in [-0.05, 0) is 12.8 Å². The molecule has 0 saturated heterocycles. The number of carbonyl (C=O) groups is 3. The molecule has 0 unspecified atom stereocenters. The molecule has 1 aliphatic carbocycles. The molecule has 3 N–H and O–H groups in total. The average Bonchev–Trinajstić information content (AvgIpc) is 2.37. The van der Waals surface area contributed by atoms with E-state index in [1.54, 1.807) is 0 Å². The largest absolute Gasteiger partial charge is 0.481 e. The fraction of sp³-hybridized carbons (Fsp3) is 0.750. The van der Waals surface area contributed by atoms with Crippen LogP contribution >= 0.6 is 11.8 Å². The van der Waals surface area contributed by atoms with Crippen LogP contribution in [0.15, 0.2) is 0 Å². The molecule has 19 heavy (non-hydrogen) atoms. The summed E-state index contributed by atoms with van der Waals surface area (Å²) in [6.07, 6.45) is 5.53. The lowest BCUT2D eigenvalue weighted by atomic mass is 9.95. The van der Waals surface area contributed by atoms with Crippen molar-refractivity contribution in [1.29, 1.82) is 0 Å². The number of carboxylic acids is 1. The van der Waals surface area contributed by atoms with Crippen LogP contribution < -0.4 is 10.6 Å². The van der Waals surface area contributed by atoms with E-state index in [0.717, 1.165) is 37.4 Å². The first kappa shape index (κ1) is 15.8. The summed E-state index contributed by atoms with van der Waals surface area (Å²) in [4.78, 5) is 33.1. The first-order valence-corrected chi connectivity index (χ1v) is 7.59. The van der Waals surface area contributed by atoms with E-state index in [-0.39, 0.29) is 35.9 Å². The number of hydrogen-bond acceptors (Lipinski definition) is 4. The Bertz CT molecular complexity index is 330. The van der Waals surface area contributed by atoms with Crippen molar-refractivity contribution in [3.63, 3.8) is 0 Å². The summed E-state index contributed by atoms with van der Waals surface area (Å²) in [6.45, 7) is -0.0387. The zero-order chi connectivity index (χ0) is 14.1. The van der Waals surface area contributed by atoms with Crippen molar-refractivity contribution >= 4 is 29.5 Å². The van der Waals surface area contributed by atoms with E-state index in [1.807, 2.05) is 0 Å². The second-order valence-electron chi connectivity index (χ2n) is 4.57. The highest BCUT2D eigenvalue weighted by Gasteiger charge is 2.15. The van der Waals surface area contributed by atoms with Gasteiger partial charge in [0.2, 0.25) is 11.8 Å². The second-order valence-corrected chi connectivity index (χ2v) is 5.55. The average molecular weight is 288 g/mol. The van der Waals surface area contributed by atoms with Crippen molar-refractivity contribution in [1.82, 2.24) is 10.6 Å². The van der Waals surface area contributed by atoms with Crippen molar-refractivity contribution in [3.8, 4) is 0 Å². The van der Waals surface area contributed by atoms with Gasteiger partial charge in [-0.3, -0.25) is 14.4 Å². The fourth-order valence-corrected chi connectivity index (χ4v) is 2.55. The predicted molar refractivity (Wildman–Crippen MR) is 73.0 cm³/mol. The predicted octanol–water partition coefficient (Wildman–Crippen LogP) is 0.369. The van der Waals surface area contributed by atoms with E-state index in [1.165, 1.54) is 6.42 Å². The molecule has 0 radical (unpaired) electrons. The maximum atomic E-state index is 11.6. The normalized spacial score (nSPS) is 15.8. The number of rotatable bonds is 7. The summed E-state index contributed by atoms with van der Waals surface area (Å²) >= 11 is 1.01. The number of amides is 2. The highest BCUT2D eigenvalue weighted by molar-refractivity contribution is 8.00. The summed E-state index contributed by atoms with van der Waals surface area (Å²) in [5.41, 5.74) is 0. The number of nitrogens with one attached hydrogen (secondary N) is 2. The number of aliphatic carboxylic acids is 1. The molecule has 0 aromatic rings. The minimum Gasteiger partial charge on any atom is -0.481 e. The third-order valence-electron chi connectivity index (χ3n) is 2.88. The van der Waals surface area contributed by atoms with Gasteiger partial charge in [-0.15, -0.1) is 11.8 Å². The van der Waals surface area contributed by atoms with Crippen molar-refractivity contribution < 1.29 is 19.5 Å². The summed E-state index contributed by atoms with van der Waals surface area (Å²) in [5, 5.41) is 13.8. The Labute approximate surface area is 116 Å². The number of hydrogen-bond donors (Lipinski definition) is 3. The van der Waals surface area contributed by atoms with E-state index in [0.29, 0.717) is 0 Å². The van der Waals surface area contributed by atoms with Crippen LogP contribution in [0.3, 0.4) is 0 Å². The summed E-state index contributed by atoms with van der Waals surface area (Å²) in [6, 6.07) is 0.236. The lowest BCUT2D eigenvalue weighted by Crippen LogP contribution is -2.43. The maximum Gasteiger partial charge on any atom is 0.313 e. The fourth-order valence-electron chi connectivity index (χ4n) is 1.99. The molecule has 6 nitrogen and oxygen atoms in total. The summed E-state index contributed by atoms with van der Waals surface area (Å²) in [7, 11) is 0. The Balaban J connectivity index is 2.08. The lowest BCUT2D eigenvalue weighted by molar-refractivity contribution is -0.133. The molecule has 0 atom stereocenters. The van der Waals surface area contributed by atoms with E-state index < -0.39 is 5.97 Å². The van der Waals surface area contributed by atoms with Gasteiger partial charge in [0.25, 0.3) is 0 Å². The molecule has 1 aliphatic rings. The molecule has 1 rings (SSSR count). The summed E-state index contributed by atoms with van der Waals surface area (Å²) in [5.74, 6) is -1.49. The van der Waals surface area contributed by atoms with Crippen LogP contribution in [0.5, 0.6) is 0 Å². The van der Waals surface area contributed by atoms with E-state index in [4.69, 9.17) is 5.11 Å². The van der Waals surface area contributed by atoms with Gasteiger partial charge in [0.15, 0.2) is 0 Å². The molecule has 0 aliphatic heterocycles. The molecule has 0 spiro atoms. The van der Waals surface area contributed by atoms with Crippen molar-refractivity contribution in [2.75, 3.05) is 18.1 Å². The smallest absolute Gasteiger partial charge is 0.313 e. The lowest BCUT2D eigenvalue weighted by Gasteiger charge is -2.22. The molecule has 0 aromatic carbocycles.